The normalized spacial score (nSPS) is 11.0. The molecule has 0 saturated carbocycles. The molecule has 0 fully saturated rings. The van der Waals surface area contributed by atoms with Crippen LogP contribution in [-0.4, -0.2) is 30.6 Å². The molecule has 3 aromatic heterocycles. The van der Waals surface area contributed by atoms with E-state index in [2.05, 4.69) is 25.4 Å². The Morgan fingerprint density at radius 1 is 1.27 bits per heavy atom. The molecule has 1 N–H and O–H groups in total. The molecule has 8 nitrogen and oxygen atoms in total. The summed E-state index contributed by atoms with van der Waals surface area (Å²) < 4.78 is 7.41. The lowest BCUT2D eigenvalue weighted by atomic mass is 10.2. The number of anilines is 1. The van der Waals surface area contributed by atoms with Gasteiger partial charge in [0.1, 0.15) is 25.0 Å². The van der Waals surface area contributed by atoms with Crippen molar-refractivity contribution in [3.63, 3.8) is 0 Å². The van der Waals surface area contributed by atoms with E-state index in [1.54, 1.807) is 42.1 Å². The van der Waals surface area contributed by atoms with Gasteiger partial charge >= 0.3 is 0 Å². The second kappa shape index (κ2) is 9.10. The fourth-order valence-electron chi connectivity index (χ4n) is 2.65. The van der Waals surface area contributed by atoms with Gasteiger partial charge in [-0.15, -0.1) is 11.3 Å². The maximum Gasteiger partial charge on any atom is 0.248 e. The highest BCUT2D eigenvalue weighted by molar-refractivity contribution is 7.09. The molecule has 150 valence electrons. The van der Waals surface area contributed by atoms with Gasteiger partial charge < -0.3 is 10.1 Å². The van der Waals surface area contributed by atoms with E-state index in [0.29, 0.717) is 23.9 Å². The molecule has 30 heavy (non-hydrogen) atoms. The quantitative estimate of drug-likeness (QED) is 0.460. The predicted molar refractivity (Wildman–Crippen MR) is 114 cm³/mol. The number of aryl methyl sites for hydroxylation is 1. The van der Waals surface area contributed by atoms with Crippen LogP contribution in [0, 0.1) is 6.92 Å². The Morgan fingerprint density at radius 3 is 2.90 bits per heavy atom. The summed E-state index contributed by atoms with van der Waals surface area (Å²) in [6.45, 7) is 2.34. The molecule has 0 saturated heterocycles. The summed E-state index contributed by atoms with van der Waals surface area (Å²) in [6, 6.07) is 11.0. The van der Waals surface area contributed by atoms with E-state index in [1.807, 2.05) is 36.6 Å². The summed E-state index contributed by atoms with van der Waals surface area (Å²) in [5.74, 6) is 1.03. The molecule has 0 aliphatic heterocycles. The van der Waals surface area contributed by atoms with Gasteiger partial charge in [0.2, 0.25) is 5.91 Å². The molecule has 4 rings (SSSR count). The van der Waals surface area contributed by atoms with Crippen LogP contribution in [0.4, 0.5) is 5.69 Å². The van der Waals surface area contributed by atoms with E-state index in [0.717, 1.165) is 16.3 Å². The standard InChI is InChI=1S/C21H18N6O2S/c1-15-25-18(12-30-15)11-29-19-5-3-2-4-16(19)6-9-21(28)26-17-7-8-20(23-10-17)27-14-22-13-24-27/h2-10,12-14H,11H2,1H3,(H,26,28)/b9-6+. The number of hydrogen-bond donors (Lipinski definition) is 1. The first-order chi connectivity index (χ1) is 14.7. The molecular formula is C21H18N6O2S. The van der Waals surface area contributed by atoms with Crippen LogP contribution < -0.4 is 10.1 Å². The van der Waals surface area contributed by atoms with Crippen LogP contribution in [0.15, 0.2) is 66.7 Å². The van der Waals surface area contributed by atoms with Crippen LogP contribution >= 0.6 is 11.3 Å². The minimum Gasteiger partial charge on any atom is -0.487 e. The molecule has 0 aliphatic carbocycles. The van der Waals surface area contributed by atoms with Gasteiger partial charge in [0.25, 0.3) is 0 Å². The smallest absolute Gasteiger partial charge is 0.248 e. The van der Waals surface area contributed by atoms with Crippen molar-refractivity contribution in [2.24, 2.45) is 0 Å². The number of ether oxygens (including phenoxy) is 1. The number of amides is 1. The number of nitrogens with one attached hydrogen (secondary N) is 1. The fraction of sp³-hybridized carbons (Fsp3) is 0.0952. The van der Waals surface area contributed by atoms with E-state index < -0.39 is 0 Å². The van der Waals surface area contributed by atoms with Gasteiger partial charge in [-0.05, 0) is 31.2 Å². The highest BCUT2D eigenvalue weighted by Crippen LogP contribution is 2.21. The molecular weight excluding hydrogens is 400 g/mol. The number of pyridine rings is 1. The van der Waals surface area contributed by atoms with Crippen molar-refractivity contribution in [3.8, 4) is 11.6 Å². The van der Waals surface area contributed by atoms with Crippen LogP contribution in [-0.2, 0) is 11.4 Å². The summed E-state index contributed by atoms with van der Waals surface area (Å²) in [5, 5.41) is 9.77. The van der Waals surface area contributed by atoms with Crippen molar-refractivity contribution in [2.45, 2.75) is 13.5 Å². The summed E-state index contributed by atoms with van der Waals surface area (Å²) in [6.07, 6.45) is 7.73. The fourth-order valence-corrected chi connectivity index (χ4v) is 3.24. The summed E-state index contributed by atoms with van der Waals surface area (Å²) in [5.41, 5.74) is 2.27. The van der Waals surface area contributed by atoms with Crippen molar-refractivity contribution in [2.75, 3.05) is 5.32 Å². The number of rotatable bonds is 7. The van der Waals surface area contributed by atoms with Gasteiger partial charge in [-0.1, -0.05) is 18.2 Å². The highest BCUT2D eigenvalue weighted by atomic mass is 32.1. The largest absolute Gasteiger partial charge is 0.487 e. The zero-order valence-electron chi connectivity index (χ0n) is 16.1. The van der Waals surface area contributed by atoms with Crippen LogP contribution in [0.3, 0.4) is 0 Å². The number of benzene rings is 1. The van der Waals surface area contributed by atoms with Gasteiger partial charge in [0.05, 0.1) is 22.6 Å². The number of thiazole rings is 1. The van der Waals surface area contributed by atoms with Crippen molar-refractivity contribution < 1.29 is 9.53 Å². The monoisotopic (exact) mass is 418 g/mol. The zero-order valence-corrected chi connectivity index (χ0v) is 16.9. The van der Waals surface area contributed by atoms with Gasteiger partial charge in [-0.3, -0.25) is 4.79 Å². The van der Waals surface area contributed by atoms with Crippen molar-refractivity contribution in [1.82, 2.24) is 24.7 Å². The second-order valence-corrected chi connectivity index (χ2v) is 7.31. The highest BCUT2D eigenvalue weighted by Gasteiger charge is 2.05. The van der Waals surface area contributed by atoms with Gasteiger partial charge in [0.15, 0.2) is 5.82 Å². The molecule has 0 spiro atoms. The minimum atomic E-state index is -0.268. The van der Waals surface area contributed by atoms with E-state index >= 15 is 0 Å². The Morgan fingerprint density at radius 2 is 2.17 bits per heavy atom. The maximum atomic E-state index is 12.3. The lowest BCUT2D eigenvalue weighted by Crippen LogP contribution is -2.08. The minimum absolute atomic E-state index is 0.268. The number of nitrogens with zero attached hydrogens (tertiary/aromatic N) is 5. The molecule has 3 heterocycles. The molecule has 0 aliphatic rings. The van der Waals surface area contributed by atoms with E-state index in [-0.39, 0.29) is 5.91 Å². The lowest BCUT2D eigenvalue weighted by Gasteiger charge is -2.08. The molecule has 0 radical (unpaired) electrons. The molecule has 1 amide bonds. The number of hydrogen-bond acceptors (Lipinski definition) is 7. The van der Waals surface area contributed by atoms with E-state index in [9.17, 15) is 4.79 Å². The molecule has 9 heteroatoms. The Bertz CT molecular complexity index is 1150. The number of carbonyl (C=O) groups is 1. The van der Waals surface area contributed by atoms with Crippen LogP contribution in [0.1, 0.15) is 16.3 Å². The lowest BCUT2D eigenvalue weighted by molar-refractivity contribution is -0.111. The number of para-hydroxylation sites is 1. The van der Waals surface area contributed by atoms with Crippen LogP contribution in [0.2, 0.25) is 0 Å². The Hall–Kier alpha value is -3.85. The average molecular weight is 418 g/mol. The predicted octanol–water partition coefficient (Wildman–Crippen LogP) is 3.66. The summed E-state index contributed by atoms with van der Waals surface area (Å²) in [7, 11) is 0. The third kappa shape index (κ3) is 4.95. The summed E-state index contributed by atoms with van der Waals surface area (Å²) in [4.78, 5) is 24.8. The van der Waals surface area contributed by atoms with Gasteiger partial charge in [-0.25, -0.2) is 19.6 Å². The molecule has 0 unspecified atom stereocenters. The SMILES string of the molecule is Cc1nc(COc2ccccc2/C=C/C(=O)Nc2ccc(-n3cncn3)nc2)cs1. The maximum absolute atomic E-state index is 12.3. The van der Waals surface area contributed by atoms with E-state index in [1.165, 1.54) is 17.1 Å². The zero-order chi connectivity index (χ0) is 20.8. The van der Waals surface area contributed by atoms with Crippen molar-refractivity contribution in [1.29, 1.82) is 0 Å². The Kier molecular flexibility index (Phi) is 5.90. The second-order valence-electron chi connectivity index (χ2n) is 6.25. The van der Waals surface area contributed by atoms with Crippen molar-refractivity contribution in [3.05, 3.63) is 83.0 Å². The molecule has 0 atom stereocenters. The first-order valence-corrected chi connectivity index (χ1v) is 9.98. The van der Waals surface area contributed by atoms with Crippen molar-refractivity contribution >= 4 is 29.0 Å². The van der Waals surface area contributed by atoms with Gasteiger partial charge in [-0.2, -0.15) is 5.10 Å². The van der Waals surface area contributed by atoms with Gasteiger partial charge in [0, 0.05) is 17.0 Å². The third-order valence-electron chi connectivity index (χ3n) is 4.04. The molecule has 4 aromatic rings. The van der Waals surface area contributed by atoms with Crippen LogP contribution in [0.5, 0.6) is 5.75 Å². The van der Waals surface area contributed by atoms with Crippen LogP contribution in [0.25, 0.3) is 11.9 Å². The average Bonchev–Trinajstić information content (AvgIpc) is 3.44. The third-order valence-corrected chi connectivity index (χ3v) is 4.87. The number of aromatic nitrogens is 5. The number of carbonyl (C=O) groups excluding carboxylic acids is 1. The molecule has 1 aromatic carbocycles. The van der Waals surface area contributed by atoms with E-state index in [4.69, 9.17) is 4.74 Å². The topological polar surface area (TPSA) is 94.8 Å². The first kappa shape index (κ1) is 19.5. The Labute approximate surface area is 176 Å². The summed E-state index contributed by atoms with van der Waals surface area (Å²) >= 11 is 1.59. The Balaban J connectivity index is 1.38. The first-order valence-electron chi connectivity index (χ1n) is 9.10. The molecule has 0 bridgehead atoms.